The van der Waals surface area contributed by atoms with E-state index in [0.717, 1.165) is 0 Å². The van der Waals surface area contributed by atoms with E-state index in [1.807, 2.05) is 0 Å². The van der Waals surface area contributed by atoms with E-state index >= 15 is 0 Å². The van der Waals surface area contributed by atoms with Crippen molar-refractivity contribution in [3.05, 3.63) is 0 Å². The van der Waals surface area contributed by atoms with Gasteiger partial charge in [0.1, 0.15) is 0 Å². The Hall–Kier alpha value is -0.580. The SMILES string of the molecule is O=C1CCCCS(=O)(=O)O1. The summed E-state index contributed by atoms with van der Waals surface area (Å²) >= 11 is 0. The van der Waals surface area contributed by atoms with Crippen molar-refractivity contribution in [3.63, 3.8) is 0 Å². The highest BCUT2D eigenvalue weighted by Gasteiger charge is 2.20. The molecule has 5 heteroatoms. The van der Waals surface area contributed by atoms with Crippen molar-refractivity contribution in [1.82, 2.24) is 0 Å². The zero-order chi connectivity index (χ0) is 7.61. The summed E-state index contributed by atoms with van der Waals surface area (Å²) in [4.78, 5) is 10.5. The molecule has 0 bridgehead atoms. The molecule has 1 fully saturated rings. The zero-order valence-corrected chi connectivity index (χ0v) is 6.19. The predicted molar refractivity (Wildman–Crippen MR) is 33.7 cm³/mol. The Bertz CT molecular complexity index is 228. The molecule has 0 saturated carbocycles. The van der Waals surface area contributed by atoms with Crippen molar-refractivity contribution in [2.75, 3.05) is 5.75 Å². The van der Waals surface area contributed by atoms with Crippen LogP contribution in [-0.4, -0.2) is 20.1 Å². The Labute approximate surface area is 59.3 Å². The first kappa shape index (κ1) is 7.53. The molecule has 0 spiro atoms. The Morgan fingerprint density at radius 1 is 1.30 bits per heavy atom. The highest BCUT2D eigenvalue weighted by atomic mass is 32.2. The third-order valence-corrected chi connectivity index (χ3v) is 2.47. The lowest BCUT2D eigenvalue weighted by molar-refractivity contribution is -0.133. The fraction of sp³-hybridized carbons (Fsp3) is 0.800. The Kier molecular flexibility index (Phi) is 1.94. The molecule has 0 aromatic carbocycles. The number of rotatable bonds is 0. The largest absolute Gasteiger partial charge is 0.346 e. The van der Waals surface area contributed by atoms with Crippen LogP contribution in [0.15, 0.2) is 0 Å². The Balaban J connectivity index is 2.73. The summed E-state index contributed by atoms with van der Waals surface area (Å²) in [5.41, 5.74) is 0. The molecule has 0 atom stereocenters. The van der Waals surface area contributed by atoms with E-state index in [2.05, 4.69) is 4.18 Å². The van der Waals surface area contributed by atoms with E-state index in [4.69, 9.17) is 0 Å². The molecule has 1 saturated heterocycles. The maximum atomic E-state index is 10.6. The lowest BCUT2D eigenvalue weighted by Crippen LogP contribution is -2.11. The molecule has 0 amide bonds. The van der Waals surface area contributed by atoms with Crippen LogP contribution in [0.4, 0.5) is 0 Å². The van der Waals surface area contributed by atoms with Crippen LogP contribution in [-0.2, 0) is 19.1 Å². The number of hydrogen-bond donors (Lipinski definition) is 0. The quantitative estimate of drug-likeness (QED) is 0.474. The standard InChI is InChI=1S/C5H8O4S/c6-5-3-1-2-4-10(7,8)9-5/h1-4H2. The average Bonchev–Trinajstić information content (AvgIpc) is 1.90. The van der Waals surface area contributed by atoms with Gasteiger partial charge in [0.05, 0.1) is 5.75 Å². The van der Waals surface area contributed by atoms with Crippen molar-refractivity contribution in [3.8, 4) is 0 Å². The van der Waals surface area contributed by atoms with Gasteiger partial charge in [-0.15, -0.1) is 0 Å². The highest BCUT2D eigenvalue weighted by Crippen LogP contribution is 2.09. The minimum absolute atomic E-state index is 0.0290. The molecule has 1 aliphatic heterocycles. The number of carbonyl (C=O) groups excluding carboxylic acids is 1. The van der Waals surface area contributed by atoms with Crippen molar-refractivity contribution >= 4 is 16.1 Å². The van der Waals surface area contributed by atoms with E-state index in [0.29, 0.717) is 12.8 Å². The third kappa shape index (κ3) is 1.98. The van der Waals surface area contributed by atoms with Crippen molar-refractivity contribution in [1.29, 1.82) is 0 Å². The Morgan fingerprint density at radius 2 is 2.00 bits per heavy atom. The van der Waals surface area contributed by atoms with Crippen molar-refractivity contribution < 1.29 is 17.4 Å². The van der Waals surface area contributed by atoms with Gasteiger partial charge in [0.15, 0.2) is 0 Å². The van der Waals surface area contributed by atoms with Gasteiger partial charge in [-0.05, 0) is 12.8 Å². The maximum Gasteiger partial charge on any atom is 0.322 e. The van der Waals surface area contributed by atoms with Gasteiger partial charge in [0.2, 0.25) is 0 Å². The molecule has 1 rings (SSSR count). The highest BCUT2D eigenvalue weighted by molar-refractivity contribution is 7.87. The average molecular weight is 164 g/mol. The summed E-state index contributed by atoms with van der Waals surface area (Å²) in [7, 11) is -3.52. The molecule has 4 nitrogen and oxygen atoms in total. The van der Waals surface area contributed by atoms with Crippen molar-refractivity contribution in [2.24, 2.45) is 0 Å². The van der Waals surface area contributed by atoms with Crippen LogP contribution < -0.4 is 0 Å². The minimum Gasteiger partial charge on any atom is -0.346 e. The maximum absolute atomic E-state index is 10.6. The fourth-order valence-corrected chi connectivity index (χ4v) is 1.78. The number of carbonyl (C=O) groups is 1. The molecule has 1 heterocycles. The first-order valence-electron chi connectivity index (χ1n) is 3.05. The molecule has 0 N–H and O–H groups in total. The van der Waals surface area contributed by atoms with Gasteiger partial charge in [0.25, 0.3) is 0 Å². The zero-order valence-electron chi connectivity index (χ0n) is 5.37. The lowest BCUT2D eigenvalue weighted by atomic mass is 10.3. The van der Waals surface area contributed by atoms with Gasteiger partial charge in [-0.2, -0.15) is 8.42 Å². The second-order valence-corrected chi connectivity index (χ2v) is 3.86. The molecule has 0 radical (unpaired) electrons. The van der Waals surface area contributed by atoms with E-state index in [1.54, 1.807) is 0 Å². The van der Waals surface area contributed by atoms with Gasteiger partial charge in [-0.25, -0.2) is 0 Å². The summed E-state index contributed by atoms with van der Waals surface area (Å²) in [6, 6.07) is 0. The molecule has 0 aliphatic carbocycles. The summed E-state index contributed by atoms with van der Waals surface area (Å²) in [6.07, 6.45) is 1.35. The van der Waals surface area contributed by atoms with Crippen LogP contribution in [0, 0.1) is 0 Å². The van der Waals surface area contributed by atoms with Crippen molar-refractivity contribution in [2.45, 2.75) is 19.3 Å². The lowest BCUT2D eigenvalue weighted by Gasteiger charge is -1.96. The predicted octanol–water partition coefficient (Wildman–Crippen LogP) is 0.0433. The summed E-state index contributed by atoms with van der Waals surface area (Å²) in [5.74, 6) is -0.656. The van der Waals surface area contributed by atoms with Crippen LogP contribution in [0.2, 0.25) is 0 Å². The molecular formula is C5H8O4S. The molecule has 0 aromatic rings. The van der Waals surface area contributed by atoms with Gasteiger partial charge < -0.3 is 4.18 Å². The minimum atomic E-state index is -3.52. The van der Waals surface area contributed by atoms with Crippen LogP contribution in [0.3, 0.4) is 0 Å². The first-order valence-corrected chi connectivity index (χ1v) is 4.63. The fourth-order valence-electron chi connectivity index (χ4n) is 0.773. The van der Waals surface area contributed by atoms with Gasteiger partial charge >= 0.3 is 16.1 Å². The van der Waals surface area contributed by atoms with Gasteiger partial charge in [0, 0.05) is 6.42 Å². The van der Waals surface area contributed by atoms with E-state index in [-0.39, 0.29) is 12.2 Å². The number of hydrogen-bond acceptors (Lipinski definition) is 4. The second kappa shape index (κ2) is 2.57. The molecule has 1 aliphatic rings. The Morgan fingerprint density at radius 3 is 2.70 bits per heavy atom. The normalized spacial score (nSPS) is 25.0. The van der Waals surface area contributed by atoms with E-state index in [9.17, 15) is 13.2 Å². The summed E-state index contributed by atoms with van der Waals surface area (Å²) in [5, 5.41) is 0. The van der Waals surface area contributed by atoms with Gasteiger partial charge in [-0.1, -0.05) is 0 Å². The molecule has 58 valence electrons. The monoisotopic (exact) mass is 164 g/mol. The van der Waals surface area contributed by atoms with Crippen LogP contribution >= 0.6 is 0 Å². The summed E-state index contributed by atoms with van der Waals surface area (Å²) < 4.78 is 25.4. The van der Waals surface area contributed by atoms with E-state index < -0.39 is 16.1 Å². The smallest absolute Gasteiger partial charge is 0.322 e. The van der Waals surface area contributed by atoms with E-state index in [1.165, 1.54) is 0 Å². The molecule has 10 heavy (non-hydrogen) atoms. The van der Waals surface area contributed by atoms with Crippen LogP contribution in [0.1, 0.15) is 19.3 Å². The third-order valence-electron chi connectivity index (χ3n) is 1.25. The van der Waals surface area contributed by atoms with Crippen LogP contribution in [0.5, 0.6) is 0 Å². The molecule has 0 unspecified atom stereocenters. The van der Waals surface area contributed by atoms with Gasteiger partial charge in [-0.3, -0.25) is 4.79 Å². The summed E-state index contributed by atoms with van der Waals surface area (Å²) in [6.45, 7) is 0. The molecular weight excluding hydrogens is 156 g/mol. The first-order chi connectivity index (χ1) is 4.60. The topological polar surface area (TPSA) is 60.4 Å². The second-order valence-electron chi connectivity index (χ2n) is 2.17. The van der Waals surface area contributed by atoms with Crippen LogP contribution in [0.25, 0.3) is 0 Å². The molecule has 0 aromatic heterocycles.